The SMILES string of the molecule is Oc1c2ccccc2[n+](Cc2ccccc2)c(O)[n+]1-c1ccccc1. The highest BCUT2D eigenvalue weighted by Gasteiger charge is 2.35. The molecule has 0 unspecified atom stereocenters. The molecular weight excluding hydrogens is 312 g/mol. The second-order valence-electron chi connectivity index (χ2n) is 5.88. The summed E-state index contributed by atoms with van der Waals surface area (Å²) in [4.78, 5) is 0. The predicted octanol–water partition coefficient (Wildman–Crippen LogP) is 2.86. The van der Waals surface area contributed by atoms with E-state index in [1.165, 1.54) is 4.57 Å². The van der Waals surface area contributed by atoms with Gasteiger partial charge in [0.1, 0.15) is 0 Å². The number of hydrogen-bond acceptors (Lipinski definition) is 2. The summed E-state index contributed by atoms with van der Waals surface area (Å²) in [5.41, 5.74) is 2.54. The first-order valence-corrected chi connectivity index (χ1v) is 8.13. The van der Waals surface area contributed by atoms with Crippen LogP contribution in [0.1, 0.15) is 5.56 Å². The third kappa shape index (κ3) is 2.68. The molecule has 0 aliphatic heterocycles. The first-order chi connectivity index (χ1) is 12.3. The van der Waals surface area contributed by atoms with Gasteiger partial charge in [-0.1, -0.05) is 65.2 Å². The van der Waals surface area contributed by atoms with Gasteiger partial charge in [0.2, 0.25) is 11.2 Å². The minimum atomic E-state index is -0.0220. The number of nitrogens with zero attached hydrogens (tertiary/aromatic N) is 2. The quantitative estimate of drug-likeness (QED) is 0.568. The first-order valence-electron chi connectivity index (χ1n) is 8.13. The standard InChI is InChI=1S/C21H16N2O2/c24-20-18-13-7-8-14-19(18)22(15-16-9-3-1-4-10-16)21(25)23(20)17-11-5-2-6-12-17/h1-14H,15H2/p+2. The van der Waals surface area contributed by atoms with Crippen LogP contribution < -0.4 is 9.13 Å². The molecule has 0 aliphatic carbocycles. The molecule has 1 heterocycles. The number of fused-ring (bicyclic) bond motifs is 1. The molecule has 0 spiro atoms. The highest BCUT2D eigenvalue weighted by molar-refractivity contribution is 5.79. The summed E-state index contributed by atoms with van der Waals surface area (Å²) >= 11 is 0. The van der Waals surface area contributed by atoms with Gasteiger partial charge in [0.15, 0.2) is 11.9 Å². The molecule has 0 fully saturated rings. The third-order valence-electron chi connectivity index (χ3n) is 4.29. The van der Waals surface area contributed by atoms with E-state index < -0.39 is 0 Å². The molecular formula is C21H18N2O2+2. The lowest BCUT2D eigenvalue weighted by Crippen LogP contribution is -2.47. The monoisotopic (exact) mass is 330 g/mol. The van der Waals surface area contributed by atoms with Crippen molar-refractivity contribution in [2.45, 2.75) is 6.54 Å². The predicted molar refractivity (Wildman–Crippen MR) is 94.5 cm³/mol. The Labute approximate surface area is 145 Å². The minimum Gasteiger partial charge on any atom is -0.459 e. The molecule has 2 N–H and O–H groups in total. The Morgan fingerprint density at radius 1 is 0.680 bits per heavy atom. The molecule has 4 aromatic rings. The molecule has 0 bridgehead atoms. The molecule has 4 nitrogen and oxygen atoms in total. The Morgan fingerprint density at radius 3 is 2.00 bits per heavy atom. The fourth-order valence-corrected chi connectivity index (χ4v) is 3.08. The number of para-hydroxylation sites is 2. The topological polar surface area (TPSA) is 48.2 Å². The van der Waals surface area contributed by atoms with Gasteiger partial charge in [-0.2, -0.15) is 0 Å². The lowest BCUT2D eigenvalue weighted by atomic mass is 10.2. The minimum absolute atomic E-state index is 0.0172. The van der Waals surface area contributed by atoms with Crippen molar-refractivity contribution in [3.63, 3.8) is 0 Å². The van der Waals surface area contributed by atoms with Crippen molar-refractivity contribution in [1.29, 1.82) is 0 Å². The normalized spacial score (nSPS) is 10.9. The zero-order chi connectivity index (χ0) is 17.2. The summed E-state index contributed by atoms with van der Waals surface area (Å²) in [6.45, 7) is 0.500. The Kier molecular flexibility index (Phi) is 3.78. The lowest BCUT2D eigenvalue weighted by Gasteiger charge is -2.05. The van der Waals surface area contributed by atoms with Gasteiger partial charge in [0.05, 0.1) is 0 Å². The van der Waals surface area contributed by atoms with Crippen molar-refractivity contribution < 1.29 is 19.3 Å². The largest absolute Gasteiger partial charge is 0.638 e. The first kappa shape index (κ1) is 15.1. The van der Waals surface area contributed by atoms with Crippen molar-refractivity contribution in [2.24, 2.45) is 0 Å². The second-order valence-corrected chi connectivity index (χ2v) is 5.88. The summed E-state index contributed by atoms with van der Waals surface area (Å²) in [6, 6.07) is 26.8. The molecule has 3 aromatic carbocycles. The molecule has 4 heteroatoms. The second kappa shape index (κ2) is 6.24. The van der Waals surface area contributed by atoms with Gasteiger partial charge >= 0.3 is 11.9 Å². The van der Waals surface area contributed by atoms with E-state index in [-0.39, 0.29) is 11.9 Å². The van der Waals surface area contributed by atoms with Crippen molar-refractivity contribution in [2.75, 3.05) is 0 Å². The van der Waals surface area contributed by atoms with Crippen LogP contribution in [-0.4, -0.2) is 10.2 Å². The van der Waals surface area contributed by atoms with Crippen LogP contribution >= 0.6 is 0 Å². The Balaban J connectivity index is 2.01. The molecule has 122 valence electrons. The number of hydrogen-bond donors (Lipinski definition) is 2. The van der Waals surface area contributed by atoms with Crippen LogP contribution in [-0.2, 0) is 6.54 Å². The van der Waals surface area contributed by atoms with Crippen LogP contribution in [0.2, 0.25) is 0 Å². The van der Waals surface area contributed by atoms with E-state index >= 15 is 0 Å². The Bertz CT molecular complexity index is 1030. The van der Waals surface area contributed by atoms with Gasteiger partial charge in [-0.15, -0.1) is 0 Å². The summed E-state index contributed by atoms with van der Waals surface area (Å²) in [7, 11) is 0. The fraction of sp³-hybridized carbons (Fsp3) is 0.0476. The summed E-state index contributed by atoms with van der Waals surface area (Å²) in [5, 5.41) is 22.4. The van der Waals surface area contributed by atoms with Crippen molar-refractivity contribution >= 4 is 10.9 Å². The Morgan fingerprint density at radius 2 is 1.28 bits per heavy atom. The van der Waals surface area contributed by atoms with Crippen LogP contribution in [0.25, 0.3) is 16.6 Å². The van der Waals surface area contributed by atoms with Gasteiger partial charge in [-0.3, -0.25) is 0 Å². The van der Waals surface area contributed by atoms with Crippen molar-refractivity contribution in [1.82, 2.24) is 0 Å². The van der Waals surface area contributed by atoms with Gasteiger partial charge in [0.25, 0.3) is 0 Å². The molecule has 0 saturated heterocycles. The van der Waals surface area contributed by atoms with E-state index in [0.717, 1.165) is 11.1 Å². The smallest absolute Gasteiger partial charge is 0.459 e. The number of aromatic nitrogens is 2. The fourth-order valence-electron chi connectivity index (χ4n) is 3.08. The van der Waals surface area contributed by atoms with E-state index in [2.05, 4.69) is 0 Å². The zero-order valence-corrected chi connectivity index (χ0v) is 13.6. The maximum Gasteiger partial charge on any atom is 0.638 e. The highest BCUT2D eigenvalue weighted by atomic mass is 16.3. The van der Waals surface area contributed by atoms with Gasteiger partial charge < -0.3 is 10.2 Å². The summed E-state index contributed by atoms with van der Waals surface area (Å²) in [5.74, 6) is 0.0172. The van der Waals surface area contributed by atoms with Crippen LogP contribution in [0, 0.1) is 0 Å². The van der Waals surface area contributed by atoms with Crippen LogP contribution in [0.5, 0.6) is 11.9 Å². The van der Waals surface area contributed by atoms with Gasteiger partial charge in [-0.05, 0) is 10.6 Å². The van der Waals surface area contributed by atoms with Gasteiger partial charge in [0, 0.05) is 23.8 Å². The number of rotatable bonds is 3. The molecule has 0 aliphatic rings. The third-order valence-corrected chi connectivity index (χ3v) is 4.29. The van der Waals surface area contributed by atoms with E-state index in [1.807, 2.05) is 84.9 Å². The molecule has 0 amide bonds. The summed E-state index contributed by atoms with van der Waals surface area (Å²) in [6.07, 6.45) is 0. The molecule has 4 rings (SSSR count). The number of aromatic hydroxyl groups is 2. The number of benzene rings is 3. The summed E-state index contributed by atoms with van der Waals surface area (Å²) < 4.78 is 3.27. The lowest BCUT2D eigenvalue weighted by molar-refractivity contribution is -0.776. The maximum atomic E-state index is 10.9. The molecule has 25 heavy (non-hydrogen) atoms. The van der Waals surface area contributed by atoms with Crippen molar-refractivity contribution in [3.8, 4) is 17.6 Å². The van der Waals surface area contributed by atoms with E-state index in [9.17, 15) is 10.2 Å². The average Bonchev–Trinajstić information content (AvgIpc) is 2.67. The van der Waals surface area contributed by atoms with Crippen LogP contribution in [0.3, 0.4) is 0 Å². The van der Waals surface area contributed by atoms with Crippen molar-refractivity contribution in [3.05, 3.63) is 90.5 Å². The average molecular weight is 330 g/mol. The Hall–Kier alpha value is -3.40. The maximum absolute atomic E-state index is 10.9. The van der Waals surface area contributed by atoms with Crippen LogP contribution in [0.4, 0.5) is 0 Å². The van der Waals surface area contributed by atoms with Gasteiger partial charge in [-0.25, -0.2) is 0 Å². The molecule has 1 aromatic heterocycles. The molecule has 0 saturated carbocycles. The van der Waals surface area contributed by atoms with E-state index in [1.54, 1.807) is 4.57 Å². The van der Waals surface area contributed by atoms with E-state index in [4.69, 9.17) is 0 Å². The van der Waals surface area contributed by atoms with Crippen LogP contribution in [0.15, 0.2) is 84.9 Å². The molecule has 0 atom stereocenters. The highest BCUT2D eigenvalue weighted by Crippen LogP contribution is 2.22. The van der Waals surface area contributed by atoms with E-state index in [0.29, 0.717) is 17.6 Å². The zero-order valence-electron chi connectivity index (χ0n) is 13.6. The molecule has 0 radical (unpaired) electrons.